The molecule has 2 aliphatic heterocycles. The Kier molecular flexibility index (Phi) is 4.96. The molecule has 7 nitrogen and oxygen atoms in total. The lowest BCUT2D eigenvalue weighted by atomic mass is 9.93. The zero-order valence-electron chi connectivity index (χ0n) is 18.0. The quantitative estimate of drug-likeness (QED) is 0.410. The molecule has 162 valence electrons. The van der Waals surface area contributed by atoms with E-state index in [1.54, 1.807) is 17.5 Å². The van der Waals surface area contributed by atoms with Gasteiger partial charge in [-0.1, -0.05) is 18.2 Å². The van der Waals surface area contributed by atoms with Gasteiger partial charge in [-0.3, -0.25) is 5.10 Å². The first-order valence-electron chi connectivity index (χ1n) is 11.1. The number of rotatable bonds is 4. The third-order valence-electron chi connectivity index (χ3n) is 6.30. The molecule has 2 aliphatic rings. The van der Waals surface area contributed by atoms with Crippen molar-refractivity contribution in [2.75, 3.05) is 24.5 Å². The molecule has 0 amide bonds. The van der Waals surface area contributed by atoms with Crippen molar-refractivity contribution in [3.8, 4) is 27.8 Å². The van der Waals surface area contributed by atoms with Gasteiger partial charge in [-0.05, 0) is 48.4 Å². The number of azo groups is 1. The second-order valence-electron chi connectivity index (χ2n) is 8.26. The van der Waals surface area contributed by atoms with Gasteiger partial charge in [0.05, 0.1) is 40.0 Å². The maximum Gasteiger partial charge on any atom is 0.182 e. The number of aromatic nitrogens is 3. The summed E-state index contributed by atoms with van der Waals surface area (Å²) >= 11 is 1.63. The Bertz CT molecular complexity index is 1420. The molecule has 3 aromatic heterocycles. The number of anilines is 1. The van der Waals surface area contributed by atoms with Gasteiger partial charge >= 0.3 is 0 Å². The summed E-state index contributed by atoms with van der Waals surface area (Å²) in [4.78, 5) is 8.28. The molecular formula is C25H21N7S. The summed E-state index contributed by atoms with van der Waals surface area (Å²) in [7, 11) is 0. The Morgan fingerprint density at radius 1 is 1.06 bits per heavy atom. The number of benzene rings is 1. The second kappa shape index (κ2) is 8.26. The van der Waals surface area contributed by atoms with E-state index in [4.69, 9.17) is 4.98 Å². The Hall–Kier alpha value is -3.83. The summed E-state index contributed by atoms with van der Waals surface area (Å²) < 4.78 is 0. The van der Waals surface area contributed by atoms with Crippen molar-refractivity contribution in [3.63, 3.8) is 0 Å². The van der Waals surface area contributed by atoms with Crippen LogP contribution in [-0.2, 0) is 0 Å². The van der Waals surface area contributed by atoms with Crippen molar-refractivity contribution >= 4 is 33.6 Å². The van der Waals surface area contributed by atoms with E-state index in [1.165, 1.54) is 24.9 Å². The first-order chi connectivity index (χ1) is 16.3. The third-order valence-corrected chi connectivity index (χ3v) is 7.19. The maximum absolute atomic E-state index is 10.3. The van der Waals surface area contributed by atoms with E-state index in [0.29, 0.717) is 23.4 Å². The molecule has 33 heavy (non-hydrogen) atoms. The predicted octanol–water partition coefficient (Wildman–Crippen LogP) is 6.02. The largest absolute Gasteiger partial charge is 0.372 e. The Morgan fingerprint density at radius 2 is 1.91 bits per heavy atom. The van der Waals surface area contributed by atoms with Crippen LogP contribution in [0, 0.1) is 11.3 Å². The molecule has 0 aliphatic carbocycles. The number of hydrogen-bond acceptors (Lipinski definition) is 7. The highest BCUT2D eigenvalue weighted by atomic mass is 32.1. The maximum atomic E-state index is 10.3. The average Bonchev–Trinajstić information content (AvgIpc) is 3.65. The van der Waals surface area contributed by atoms with Gasteiger partial charge in [0.25, 0.3) is 0 Å². The number of thiophene rings is 1. The van der Waals surface area contributed by atoms with Gasteiger partial charge in [0, 0.05) is 29.9 Å². The van der Waals surface area contributed by atoms with Crippen LogP contribution in [0.4, 0.5) is 5.69 Å². The zero-order chi connectivity index (χ0) is 22.2. The molecule has 0 radical (unpaired) electrons. The van der Waals surface area contributed by atoms with E-state index in [0.717, 1.165) is 45.7 Å². The van der Waals surface area contributed by atoms with Crippen LogP contribution < -0.4 is 4.90 Å². The number of hydrogen-bond donors (Lipinski definition) is 1. The molecule has 0 saturated carbocycles. The van der Waals surface area contributed by atoms with E-state index >= 15 is 0 Å². The minimum Gasteiger partial charge on any atom is -0.372 e. The van der Waals surface area contributed by atoms with E-state index in [-0.39, 0.29) is 0 Å². The number of fused-ring (bicyclic) bond motifs is 1. The van der Waals surface area contributed by atoms with Crippen molar-refractivity contribution < 1.29 is 0 Å². The summed E-state index contributed by atoms with van der Waals surface area (Å²) in [5.74, 6) is 0. The fraction of sp³-hybridized carbons (Fsp3) is 0.240. The van der Waals surface area contributed by atoms with Gasteiger partial charge in [-0.25, -0.2) is 4.98 Å². The lowest BCUT2D eigenvalue weighted by Crippen LogP contribution is -2.29. The van der Waals surface area contributed by atoms with Crippen LogP contribution in [0.1, 0.15) is 30.5 Å². The van der Waals surface area contributed by atoms with Crippen LogP contribution in [0.25, 0.3) is 38.3 Å². The number of nitriles is 1. The fourth-order valence-corrected chi connectivity index (χ4v) is 5.41. The first-order valence-corrected chi connectivity index (χ1v) is 12.0. The number of pyridine rings is 1. The summed E-state index contributed by atoms with van der Waals surface area (Å²) in [6, 6.07) is 15.1. The summed E-state index contributed by atoms with van der Waals surface area (Å²) in [6.45, 7) is 2.61. The molecule has 0 spiro atoms. The minimum atomic E-state index is 0.419. The molecule has 1 fully saturated rings. The van der Waals surface area contributed by atoms with Gasteiger partial charge in [0.1, 0.15) is 6.07 Å². The number of nitrogens with one attached hydrogen (secondary N) is 1. The fourth-order valence-electron chi connectivity index (χ4n) is 4.68. The monoisotopic (exact) mass is 451 g/mol. The Labute approximate surface area is 195 Å². The van der Waals surface area contributed by atoms with Crippen LogP contribution in [0.15, 0.2) is 58.2 Å². The highest BCUT2D eigenvalue weighted by Crippen LogP contribution is 2.41. The van der Waals surface area contributed by atoms with Gasteiger partial charge < -0.3 is 4.90 Å². The molecule has 0 atom stereocenters. The van der Waals surface area contributed by atoms with Crippen LogP contribution in [0.2, 0.25) is 0 Å². The highest BCUT2D eigenvalue weighted by molar-refractivity contribution is 7.13. The van der Waals surface area contributed by atoms with Gasteiger partial charge in [-0.2, -0.15) is 20.6 Å². The molecule has 4 aromatic rings. The number of piperidine rings is 1. The van der Waals surface area contributed by atoms with Crippen LogP contribution in [0.3, 0.4) is 0 Å². The van der Waals surface area contributed by atoms with Crippen molar-refractivity contribution in [1.29, 1.82) is 5.26 Å². The predicted molar refractivity (Wildman–Crippen MR) is 131 cm³/mol. The average molecular weight is 452 g/mol. The van der Waals surface area contributed by atoms with Crippen molar-refractivity contribution in [1.82, 2.24) is 15.2 Å². The Morgan fingerprint density at radius 3 is 2.61 bits per heavy atom. The first kappa shape index (κ1) is 19.8. The molecule has 5 heterocycles. The van der Waals surface area contributed by atoms with Crippen molar-refractivity contribution in [3.05, 3.63) is 59.2 Å². The standard InChI is InChI=1S/C25H21N7S/c26-13-19-21(16-6-8-18(9-7-16)32-10-2-1-3-11-32)22-24(20-5-4-12-33-20)30-31-25(22)29-23(19)17-14-27-28-15-17/h4-9,12,14H,1-3,10-11,15H2,(H,29,30,31). The van der Waals surface area contributed by atoms with E-state index in [2.05, 4.69) is 61.7 Å². The van der Waals surface area contributed by atoms with Crippen molar-refractivity contribution in [2.24, 2.45) is 10.2 Å². The number of nitrogens with zero attached hydrogens (tertiary/aromatic N) is 6. The molecule has 8 heteroatoms. The van der Waals surface area contributed by atoms with Crippen LogP contribution in [0.5, 0.6) is 0 Å². The number of H-pyrrole nitrogens is 1. The van der Waals surface area contributed by atoms with Gasteiger partial charge in [0.15, 0.2) is 5.65 Å². The van der Waals surface area contributed by atoms with E-state index in [1.807, 2.05) is 11.4 Å². The summed E-state index contributed by atoms with van der Waals surface area (Å²) in [6.07, 6.45) is 5.46. The number of aromatic amines is 1. The molecule has 0 bridgehead atoms. The molecular weight excluding hydrogens is 430 g/mol. The van der Waals surface area contributed by atoms with Crippen molar-refractivity contribution in [2.45, 2.75) is 19.3 Å². The molecule has 1 N–H and O–H groups in total. The smallest absolute Gasteiger partial charge is 0.182 e. The summed E-state index contributed by atoms with van der Waals surface area (Å²) in [5, 5.41) is 28.9. The Balaban J connectivity index is 1.57. The topological polar surface area (TPSA) is 93.3 Å². The second-order valence-corrected chi connectivity index (χ2v) is 9.21. The molecule has 1 aromatic carbocycles. The zero-order valence-corrected chi connectivity index (χ0v) is 18.8. The van der Waals surface area contributed by atoms with Gasteiger partial charge in [-0.15, -0.1) is 11.3 Å². The van der Waals surface area contributed by atoms with Gasteiger partial charge in [0.2, 0.25) is 0 Å². The lowest BCUT2D eigenvalue weighted by Gasteiger charge is -2.29. The summed E-state index contributed by atoms with van der Waals surface area (Å²) in [5.41, 5.74) is 6.51. The van der Waals surface area contributed by atoms with Crippen LogP contribution in [-0.4, -0.2) is 34.8 Å². The molecule has 0 unspecified atom stereocenters. The SMILES string of the molecule is N#Cc1c(C2=CN=NC2)nc2n[nH]c(-c3cccs3)c2c1-c1ccc(N2CCCCC2)cc1. The molecule has 6 rings (SSSR count). The minimum absolute atomic E-state index is 0.419. The van der Waals surface area contributed by atoms with E-state index in [9.17, 15) is 5.26 Å². The molecule has 1 saturated heterocycles. The highest BCUT2D eigenvalue weighted by Gasteiger charge is 2.25. The van der Waals surface area contributed by atoms with Crippen LogP contribution >= 0.6 is 11.3 Å². The third kappa shape index (κ3) is 3.41. The lowest BCUT2D eigenvalue weighted by molar-refractivity contribution is 0.578. The van der Waals surface area contributed by atoms with E-state index < -0.39 is 0 Å². The normalized spacial score (nSPS) is 15.7.